The van der Waals surface area contributed by atoms with E-state index in [0.29, 0.717) is 0 Å². The zero-order valence-corrected chi connectivity index (χ0v) is 27.6. The maximum absolute atomic E-state index is 6.65. The predicted molar refractivity (Wildman–Crippen MR) is 209 cm³/mol. The summed E-state index contributed by atoms with van der Waals surface area (Å²) in [6.07, 6.45) is 0. The maximum atomic E-state index is 6.65. The number of ether oxygens (including phenoxy) is 1. The second kappa shape index (κ2) is 12.5. The Bertz CT molecular complexity index is 2650. The highest BCUT2D eigenvalue weighted by atomic mass is 16.5. The van der Waals surface area contributed by atoms with Crippen LogP contribution in [0.4, 0.5) is 17.1 Å². The molecule has 3 heteroatoms. The van der Waals surface area contributed by atoms with Crippen LogP contribution in [0.5, 0.6) is 5.75 Å². The molecule has 238 valence electrons. The molecular weight excluding hydrogens is 611 g/mol. The van der Waals surface area contributed by atoms with Crippen LogP contribution in [0.15, 0.2) is 186 Å². The standard InChI is InChI=1S/C47H33NO2/c1-49-40-19-10-18-39(31-40)48(38-17-9-16-35(29-38)36-25-24-32-12-5-6-15-34(32)28-36)44-22-11-23-45-47(44)43-27-26-37(30-46(43)50-45)42-21-8-7-20-41(42)33-13-3-2-4-14-33/h2-31H,1H3. The van der Waals surface area contributed by atoms with Crippen molar-refractivity contribution in [2.45, 2.75) is 0 Å². The molecule has 50 heavy (non-hydrogen) atoms. The van der Waals surface area contributed by atoms with E-state index < -0.39 is 0 Å². The van der Waals surface area contributed by atoms with E-state index in [-0.39, 0.29) is 0 Å². The van der Waals surface area contributed by atoms with Gasteiger partial charge < -0.3 is 14.1 Å². The van der Waals surface area contributed by atoms with Crippen LogP contribution >= 0.6 is 0 Å². The molecular formula is C47H33NO2. The van der Waals surface area contributed by atoms with Gasteiger partial charge in [0.1, 0.15) is 16.9 Å². The summed E-state index contributed by atoms with van der Waals surface area (Å²) in [5.74, 6) is 0.795. The van der Waals surface area contributed by atoms with Gasteiger partial charge in [0, 0.05) is 22.8 Å². The lowest BCUT2D eigenvalue weighted by atomic mass is 9.94. The molecule has 0 N–H and O–H groups in total. The van der Waals surface area contributed by atoms with E-state index >= 15 is 0 Å². The maximum Gasteiger partial charge on any atom is 0.137 e. The van der Waals surface area contributed by atoms with Gasteiger partial charge in [-0.25, -0.2) is 0 Å². The van der Waals surface area contributed by atoms with Crippen molar-refractivity contribution in [3.8, 4) is 39.1 Å². The second-order valence-corrected chi connectivity index (χ2v) is 12.5. The smallest absolute Gasteiger partial charge is 0.137 e. The van der Waals surface area contributed by atoms with E-state index in [9.17, 15) is 0 Å². The number of methoxy groups -OCH3 is 1. The summed E-state index contributed by atoms with van der Waals surface area (Å²) in [6, 6.07) is 64.2. The van der Waals surface area contributed by atoms with Gasteiger partial charge in [0.15, 0.2) is 0 Å². The summed E-state index contributed by atoms with van der Waals surface area (Å²) < 4.78 is 12.4. The molecule has 0 spiro atoms. The van der Waals surface area contributed by atoms with Crippen molar-refractivity contribution in [1.29, 1.82) is 0 Å². The summed E-state index contributed by atoms with van der Waals surface area (Å²) in [4.78, 5) is 2.31. The van der Waals surface area contributed by atoms with E-state index in [0.717, 1.165) is 55.9 Å². The van der Waals surface area contributed by atoms with Crippen LogP contribution in [-0.4, -0.2) is 7.11 Å². The molecule has 9 aromatic rings. The van der Waals surface area contributed by atoms with Gasteiger partial charge in [0.2, 0.25) is 0 Å². The Hall–Kier alpha value is -6.58. The minimum atomic E-state index is 0.795. The van der Waals surface area contributed by atoms with Crippen molar-refractivity contribution in [2.24, 2.45) is 0 Å². The first-order valence-corrected chi connectivity index (χ1v) is 16.9. The summed E-state index contributed by atoms with van der Waals surface area (Å²) >= 11 is 0. The van der Waals surface area contributed by atoms with Crippen LogP contribution in [0.25, 0.3) is 66.1 Å². The quantitative estimate of drug-likeness (QED) is 0.173. The third-order valence-electron chi connectivity index (χ3n) is 9.54. The molecule has 3 nitrogen and oxygen atoms in total. The second-order valence-electron chi connectivity index (χ2n) is 12.5. The third kappa shape index (κ3) is 5.26. The van der Waals surface area contributed by atoms with E-state index in [1.54, 1.807) is 7.11 Å². The fourth-order valence-corrected chi connectivity index (χ4v) is 7.14. The normalized spacial score (nSPS) is 11.3. The minimum Gasteiger partial charge on any atom is -0.497 e. The molecule has 0 unspecified atom stereocenters. The Morgan fingerprint density at radius 2 is 1.10 bits per heavy atom. The topological polar surface area (TPSA) is 25.6 Å². The van der Waals surface area contributed by atoms with Crippen LogP contribution in [0, 0.1) is 0 Å². The number of anilines is 3. The fourth-order valence-electron chi connectivity index (χ4n) is 7.14. The van der Waals surface area contributed by atoms with Gasteiger partial charge in [-0.1, -0.05) is 121 Å². The third-order valence-corrected chi connectivity index (χ3v) is 9.54. The van der Waals surface area contributed by atoms with Crippen molar-refractivity contribution in [3.63, 3.8) is 0 Å². The van der Waals surface area contributed by atoms with Crippen molar-refractivity contribution >= 4 is 49.8 Å². The molecule has 0 radical (unpaired) electrons. The first-order chi connectivity index (χ1) is 24.7. The minimum absolute atomic E-state index is 0.795. The van der Waals surface area contributed by atoms with Gasteiger partial charge in [0.05, 0.1) is 18.2 Å². The van der Waals surface area contributed by atoms with Crippen molar-refractivity contribution in [3.05, 3.63) is 182 Å². The average molecular weight is 644 g/mol. The summed E-state index contributed by atoms with van der Waals surface area (Å²) in [6.45, 7) is 0. The highest BCUT2D eigenvalue weighted by Gasteiger charge is 2.21. The van der Waals surface area contributed by atoms with Crippen LogP contribution in [0.3, 0.4) is 0 Å². The van der Waals surface area contributed by atoms with Gasteiger partial charge in [-0.3, -0.25) is 0 Å². The number of nitrogens with zero attached hydrogens (tertiary/aromatic N) is 1. The Kier molecular flexibility index (Phi) is 7.37. The first-order valence-electron chi connectivity index (χ1n) is 16.9. The molecule has 0 atom stereocenters. The Labute approximate surface area is 291 Å². The highest BCUT2D eigenvalue weighted by molar-refractivity contribution is 6.14. The van der Waals surface area contributed by atoms with E-state index in [2.05, 4.69) is 175 Å². The monoisotopic (exact) mass is 643 g/mol. The Morgan fingerprint density at radius 1 is 0.440 bits per heavy atom. The van der Waals surface area contributed by atoms with Crippen molar-refractivity contribution in [1.82, 2.24) is 0 Å². The average Bonchev–Trinajstić information content (AvgIpc) is 3.57. The molecule has 0 aliphatic heterocycles. The molecule has 0 amide bonds. The number of benzene rings is 8. The van der Waals surface area contributed by atoms with Gasteiger partial charge in [0.25, 0.3) is 0 Å². The molecule has 0 aliphatic rings. The fraction of sp³-hybridized carbons (Fsp3) is 0.0213. The van der Waals surface area contributed by atoms with Crippen LogP contribution in [0.1, 0.15) is 0 Å². The van der Waals surface area contributed by atoms with Crippen LogP contribution < -0.4 is 9.64 Å². The predicted octanol–water partition coefficient (Wildman–Crippen LogP) is 13.2. The zero-order chi connectivity index (χ0) is 33.4. The molecule has 0 aliphatic carbocycles. The molecule has 9 rings (SSSR count). The first kappa shape index (κ1) is 29.6. The van der Waals surface area contributed by atoms with Crippen LogP contribution in [0.2, 0.25) is 0 Å². The molecule has 8 aromatic carbocycles. The van der Waals surface area contributed by atoms with Crippen molar-refractivity contribution in [2.75, 3.05) is 12.0 Å². The number of furan rings is 1. The Morgan fingerprint density at radius 3 is 1.94 bits per heavy atom. The lowest BCUT2D eigenvalue weighted by molar-refractivity contribution is 0.415. The molecule has 1 heterocycles. The van der Waals surface area contributed by atoms with Gasteiger partial charge in [-0.05, 0) is 98.8 Å². The number of fused-ring (bicyclic) bond motifs is 4. The number of rotatable bonds is 7. The summed E-state index contributed by atoms with van der Waals surface area (Å²) in [5.41, 5.74) is 11.7. The van der Waals surface area contributed by atoms with E-state index in [1.165, 1.54) is 33.0 Å². The lowest BCUT2D eigenvalue weighted by Gasteiger charge is -2.27. The van der Waals surface area contributed by atoms with E-state index in [4.69, 9.17) is 9.15 Å². The van der Waals surface area contributed by atoms with Gasteiger partial charge in [-0.2, -0.15) is 0 Å². The van der Waals surface area contributed by atoms with Gasteiger partial charge >= 0.3 is 0 Å². The number of hydrogen-bond acceptors (Lipinski definition) is 3. The summed E-state index contributed by atoms with van der Waals surface area (Å²) in [7, 11) is 1.71. The van der Waals surface area contributed by atoms with Crippen LogP contribution in [-0.2, 0) is 0 Å². The molecule has 0 bridgehead atoms. The van der Waals surface area contributed by atoms with Crippen molar-refractivity contribution < 1.29 is 9.15 Å². The zero-order valence-electron chi connectivity index (χ0n) is 27.6. The largest absolute Gasteiger partial charge is 0.497 e. The lowest BCUT2D eigenvalue weighted by Crippen LogP contribution is -2.10. The highest BCUT2D eigenvalue weighted by Crippen LogP contribution is 2.45. The number of hydrogen-bond donors (Lipinski definition) is 0. The molecule has 0 fully saturated rings. The van der Waals surface area contributed by atoms with Gasteiger partial charge in [-0.15, -0.1) is 0 Å². The summed E-state index contributed by atoms with van der Waals surface area (Å²) in [5, 5.41) is 4.58. The molecule has 0 saturated carbocycles. The van der Waals surface area contributed by atoms with E-state index in [1.807, 2.05) is 12.1 Å². The molecule has 1 aromatic heterocycles. The Balaban J connectivity index is 1.21. The molecule has 0 saturated heterocycles. The SMILES string of the molecule is COc1cccc(N(c2cccc(-c3ccc4ccccc4c3)c2)c2cccc3oc4cc(-c5ccccc5-c5ccccc5)ccc4c23)c1.